The monoisotopic (exact) mass is 1030 g/mol. The minimum atomic E-state index is -5.03. The number of rotatable bonds is 14. The van der Waals surface area contributed by atoms with Gasteiger partial charge in [0.05, 0.1) is 0 Å². The number of hydrogen-bond donors (Lipinski definition) is 3. The van der Waals surface area contributed by atoms with Crippen molar-refractivity contribution >= 4 is 49.7 Å². The van der Waals surface area contributed by atoms with Gasteiger partial charge in [-0.3, -0.25) is 4.79 Å². The minimum Gasteiger partial charge on any atom is -0.508 e. The van der Waals surface area contributed by atoms with Crippen LogP contribution in [0.3, 0.4) is 0 Å². The van der Waals surface area contributed by atoms with Gasteiger partial charge in [-0.25, -0.2) is 13.8 Å². The summed E-state index contributed by atoms with van der Waals surface area (Å²) in [6.45, 7) is 1.17. The van der Waals surface area contributed by atoms with E-state index in [9.17, 15) is 62.3 Å². The molecule has 0 aromatic heterocycles. The van der Waals surface area contributed by atoms with E-state index in [-0.39, 0.29) is 58.5 Å². The number of aliphatic hydroxyl groups excluding tert-OH is 2. The SMILES string of the molecule is COCC(=O)Cl.COCC(=O)Oc1ccc(C(O)C(F)(F)F)cc1.COCC(=O)Oc1ccc(C(OS(=O)(=O)c2cccc3c(C)cccc23)C(F)(F)F)cc1.Oc1ccc(C(O)C(F)(F)F)cc1. The first-order valence-electron chi connectivity index (χ1n) is 19.1. The van der Waals surface area contributed by atoms with E-state index in [1.165, 1.54) is 39.5 Å². The zero-order valence-electron chi connectivity index (χ0n) is 36.3. The van der Waals surface area contributed by atoms with Gasteiger partial charge in [-0.2, -0.15) is 47.9 Å². The maximum atomic E-state index is 13.7. The molecule has 0 fully saturated rings. The van der Waals surface area contributed by atoms with Gasteiger partial charge in [-0.15, -0.1) is 0 Å². The summed E-state index contributed by atoms with van der Waals surface area (Å²) < 4.78 is 167. The molecule has 0 saturated carbocycles. The van der Waals surface area contributed by atoms with Crippen molar-refractivity contribution in [2.24, 2.45) is 0 Å². The zero-order valence-corrected chi connectivity index (χ0v) is 37.8. The van der Waals surface area contributed by atoms with Crippen LogP contribution < -0.4 is 9.47 Å². The van der Waals surface area contributed by atoms with Crippen LogP contribution in [0.2, 0.25) is 0 Å². The normalized spacial score (nSPS) is 12.9. The quantitative estimate of drug-likeness (QED) is 0.0313. The molecule has 0 aliphatic rings. The second-order valence-electron chi connectivity index (χ2n) is 13.6. The third-order valence-electron chi connectivity index (χ3n) is 8.34. The molecule has 14 nitrogen and oxygen atoms in total. The molecule has 5 rings (SSSR count). The smallest absolute Gasteiger partial charge is 0.420 e. The molecule has 0 spiro atoms. The lowest BCUT2D eigenvalue weighted by Gasteiger charge is -2.21. The largest absolute Gasteiger partial charge is 0.508 e. The number of fused-ring (bicyclic) bond motifs is 1. The van der Waals surface area contributed by atoms with Gasteiger partial charge in [0, 0.05) is 26.7 Å². The number of aliphatic hydroxyl groups is 2. The predicted molar refractivity (Wildman–Crippen MR) is 227 cm³/mol. The van der Waals surface area contributed by atoms with Gasteiger partial charge in [0.25, 0.3) is 10.1 Å². The molecule has 5 aromatic carbocycles. The van der Waals surface area contributed by atoms with Gasteiger partial charge in [-0.1, -0.05) is 66.7 Å². The molecular weight excluding hydrogens is 991 g/mol. The van der Waals surface area contributed by atoms with Crippen LogP contribution in [0.5, 0.6) is 17.2 Å². The molecule has 0 bridgehead atoms. The van der Waals surface area contributed by atoms with Gasteiger partial charge >= 0.3 is 30.5 Å². The Morgan fingerprint density at radius 3 is 1.33 bits per heavy atom. The number of carbonyl (C=O) groups is 3. The highest BCUT2D eigenvalue weighted by Gasteiger charge is 2.46. The summed E-state index contributed by atoms with van der Waals surface area (Å²) in [6.07, 6.45) is -22.2. The van der Waals surface area contributed by atoms with Crippen LogP contribution in [0.1, 0.15) is 40.6 Å². The number of phenols is 1. The number of aromatic hydroxyl groups is 1. The molecule has 0 amide bonds. The van der Waals surface area contributed by atoms with E-state index < -0.39 is 69.7 Å². The highest BCUT2D eigenvalue weighted by atomic mass is 35.5. The minimum absolute atomic E-state index is 0.00154. The number of alkyl halides is 9. The molecular formula is C44H42ClF9O14S. The van der Waals surface area contributed by atoms with Crippen LogP contribution in [0, 0.1) is 6.92 Å². The summed E-state index contributed by atoms with van der Waals surface area (Å²) in [7, 11) is -0.781. The van der Waals surface area contributed by atoms with E-state index in [1.807, 2.05) is 0 Å². The number of hydrogen-bond acceptors (Lipinski definition) is 14. The number of carbonyl (C=O) groups excluding carboxylic acids is 3. The number of methoxy groups -OCH3 is 3. The van der Waals surface area contributed by atoms with Crippen molar-refractivity contribution in [1.82, 2.24) is 0 Å². The molecule has 0 radical (unpaired) electrons. The topological polar surface area (TPSA) is 201 Å². The standard InChI is InChI=1S/C22H19F3O6S.C11H11F3O4.C8H7F3O2.C3H5ClO2/c1-14-5-3-7-18-17(14)6-4-8-19(18)32(27,28)31-21(22(23,24)25)15-9-11-16(12-10-15)30-20(26)13-29-2;1-17-6-9(15)18-8-4-2-7(3-5-8)10(16)11(12,13)14;9-8(10,11)7(13)5-1-3-6(12)4-2-5;1-6-2-3(4)5/h3-12,21H,13H2,1-2H3;2-5,10,16H,6H2,1H3;1-4,7,12-13H;2H2,1H3. The van der Waals surface area contributed by atoms with Crippen molar-refractivity contribution in [2.75, 3.05) is 41.2 Å². The van der Waals surface area contributed by atoms with E-state index in [1.54, 1.807) is 25.1 Å². The maximum absolute atomic E-state index is 13.7. The highest BCUT2D eigenvalue weighted by molar-refractivity contribution is 7.87. The average molecular weight is 1030 g/mol. The van der Waals surface area contributed by atoms with Crippen molar-refractivity contribution in [3.63, 3.8) is 0 Å². The Hall–Kier alpha value is -5.86. The van der Waals surface area contributed by atoms with Gasteiger partial charge in [-0.05, 0) is 88.6 Å². The van der Waals surface area contributed by atoms with Crippen molar-refractivity contribution in [2.45, 2.75) is 48.7 Å². The Labute approximate surface area is 392 Å². The fourth-order valence-corrected chi connectivity index (χ4v) is 6.65. The summed E-state index contributed by atoms with van der Waals surface area (Å²) in [4.78, 5) is 31.8. The van der Waals surface area contributed by atoms with Crippen LogP contribution in [0.4, 0.5) is 39.5 Å². The molecule has 0 heterocycles. The average Bonchev–Trinajstić information content (AvgIpc) is 3.26. The van der Waals surface area contributed by atoms with Gasteiger partial charge in [0.1, 0.15) is 42.0 Å². The van der Waals surface area contributed by atoms with Crippen LogP contribution in [0.15, 0.2) is 114 Å². The van der Waals surface area contributed by atoms with Crippen molar-refractivity contribution in [3.05, 3.63) is 131 Å². The van der Waals surface area contributed by atoms with Crippen molar-refractivity contribution in [1.29, 1.82) is 0 Å². The van der Waals surface area contributed by atoms with E-state index in [0.29, 0.717) is 5.39 Å². The third kappa shape index (κ3) is 19.9. The summed E-state index contributed by atoms with van der Waals surface area (Å²) in [5, 5.41) is 26.9. The predicted octanol–water partition coefficient (Wildman–Crippen LogP) is 8.93. The lowest BCUT2D eigenvalue weighted by atomic mass is 10.1. The molecule has 5 aromatic rings. The Balaban J connectivity index is 0.000000369. The molecule has 0 saturated heterocycles. The van der Waals surface area contributed by atoms with E-state index >= 15 is 0 Å². The first kappa shape index (κ1) is 59.3. The first-order chi connectivity index (χ1) is 32.0. The Morgan fingerprint density at radius 2 is 0.957 bits per heavy atom. The number of esters is 2. The first-order valence-corrected chi connectivity index (χ1v) is 20.9. The van der Waals surface area contributed by atoms with Crippen LogP contribution >= 0.6 is 11.6 Å². The van der Waals surface area contributed by atoms with Crippen molar-refractivity contribution < 1.29 is 106 Å². The highest BCUT2D eigenvalue weighted by Crippen LogP contribution is 2.40. The van der Waals surface area contributed by atoms with Crippen molar-refractivity contribution in [3.8, 4) is 17.2 Å². The molecule has 69 heavy (non-hydrogen) atoms. The summed E-state index contributed by atoms with van der Waals surface area (Å²) >= 11 is 4.81. The van der Waals surface area contributed by atoms with Crippen LogP contribution in [0.25, 0.3) is 10.8 Å². The molecule has 0 aliphatic carbocycles. The molecule has 3 atom stereocenters. The maximum Gasteiger partial charge on any atom is 0.420 e. The molecule has 25 heteroatoms. The molecule has 3 unspecified atom stereocenters. The van der Waals surface area contributed by atoms with Gasteiger partial charge < -0.3 is 39.0 Å². The molecule has 378 valence electrons. The Bertz CT molecular complexity index is 2520. The number of ether oxygens (including phenoxy) is 5. The lowest BCUT2D eigenvalue weighted by molar-refractivity contribution is -0.207. The lowest BCUT2D eigenvalue weighted by Crippen LogP contribution is -2.26. The Kier molecular flexibility index (Phi) is 23.0. The fraction of sp³-hybridized carbons (Fsp3) is 0.295. The van der Waals surface area contributed by atoms with E-state index in [4.69, 9.17) is 40.6 Å². The summed E-state index contributed by atoms with van der Waals surface area (Å²) in [5.74, 6) is -1.49. The van der Waals surface area contributed by atoms with Gasteiger partial charge in [0.15, 0.2) is 18.3 Å². The third-order valence-corrected chi connectivity index (χ3v) is 9.79. The number of halogens is 10. The number of phenolic OH excluding ortho intramolecular Hbond substituents is 1. The second kappa shape index (κ2) is 26.8. The van der Waals surface area contributed by atoms with E-state index in [0.717, 1.165) is 78.4 Å². The second-order valence-corrected chi connectivity index (χ2v) is 15.6. The zero-order chi connectivity index (χ0) is 52.3. The number of benzene rings is 5. The van der Waals surface area contributed by atoms with E-state index in [2.05, 4.69) is 14.2 Å². The number of aryl methyl sites for hydroxylation is 1. The Morgan fingerprint density at radius 1 is 0.565 bits per heavy atom. The van der Waals surface area contributed by atoms with Crippen LogP contribution in [-0.4, -0.2) is 101 Å². The van der Waals surface area contributed by atoms with Crippen LogP contribution in [-0.2, 0) is 42.9 Å². The fourth-order valence-electron chi connectivity index (χ4n) is 5.27. The summed E-state index contributed by atoms with van der Waals surface area (Å²) in [6, 6.07) is 22.0. The van der Waals surface area contributed by atoms with Gasteiger partial charge in [0.2, 0.25) is 5.24 Å². The molecule has 3 N–H and O–H groups in total. The summed E-state index contributed by atoms with van der Waals surface area (Å²) in [5.41, 5.74) is -0.311. The molecule has 0 aliphatic heterocycles.